The van der Waals surface area contributed by atoms with E-state index in [4.69, 9.17) is 0 Å². The number of H-pyrrole nitrogens is 1. The van der Waals surface area contributed by atoms with Crippen molar-refractivity contribution in [3.63, 3.8) is 0 Å². The summed E-state index contributed by atoms with van der Waals surface area (Å²) < 4.78 is 1.50. The predicted molar refractivity (Wildman–Crippen MR) is 127 cm³/mol. The minimum Gasteiger partial charge on any atom is -0.310 e. The van der Waals surface area contributed by atoms with Gasteiger partial charge in [-0.2, -0.15) is 9.78 Å². The SMILES string of the molecule is CCCc1cc(=O)[nH]c(-n2nc(-c3cccs3)cc2NC(=O)CCCc2ccccc2)n1. The van der Waals surface area contributed by atoms with Crippen molar-refractivity contribution in [1.82, 2.24) is 19.7 Å². The average Bonchev–Trinajstić information content (AvgIpc) is 3.44. The van der Waals surface area contributed by atoms with Crippen molar-refractivity contribution >= 4 is 23.1 Å². The van der Waals surface area contributed by atoms with E-state index in [1.54, 1.807) is 11.3 Å². The van der Waals surface area contributed by atoms with Gasteiger partial charge in [-0.05, 0) is 36.3 Å². The molecule has 1 amide bonds. The number of anilines is 1. The zero-order valence-corrected chi connectivity index (χ0v) is 18.7. The Bertz CT molecular complexity index is 1230. The highest BCUT2D eigenvalue weighted by atomic mass is 32.1. The third-order valence-corrected chi connectivity index (χ3v) is 5.84. The number of carbonyl (C=O) groups is 1. The molecule has 0 bridgehead atoms. The van der Waals surface area contributed by atoms with Gasteiger partial charge in [0, 0.05) is 24.2 Å². The van der Waals surface area contributed by atoms with Crippen molar-refractivity contribution in [1.29, 1.82) is 0 Å². The van der Waals surface area contributed by atoms with E-state index < -0.39 is 0 Å². The minimum atomic E-state index is -0.244. The molecule has 7 nitrogen and oxygen atoms in total. The molecule has 0 radical (unpaired) electrons. The largest absolute Gasteiger partial charge is 0.310 e. The number of carbonyl (C=O) groups excluding carboxylic acids is 1. The van der Waals surface area contributed by atoms with E-state index >= 15 is 0 Å². The van der Waals surface area contributed by atoms with Gasteiger partial charge in [-0.3, -0.25) is 14.6 Å². The summed E-state index contributed by atoms with van der Waals surface area (Å²) in [6.45, 7) is 2.03. The predicted octanol–water partition coefficient (Wildman–Crippen LogP) is 4.60. The zero-order chi connectivity index (χ0) is 22.3. The van der Waals surface area contributed by atoms with Crippen LogP contribution in [0.1, 0.15) is 37.4 Å². The topological polar surface area (TPSA) is 92.7 Å². The fourth-order valence-corrected chi connectivity index (χ4v) is 4.14. The number of benzene rings is 1. The van der Waals surface area contributed by atoms with Crippen LogP contribution in [0.15, 0.2) is 64.8 Å². The molecule has 3 aromatic heterocycles. The second-order valence-corrected chi connectivity index (χ2v) is 8.45. The molecular weight excluding hydrogens is 422 g/mol. The summed E-state index contributed by atoms with van der Waals surface area (Å²) >= 11 is 1.56. The van der Waals surface area contributed by atoms with Crippen molar-refractivity contribution in [3.8, 4) is 16.5 Å². The number of thiophene rings is 1. The van der Waals surface area contributed by atoms with Crippen LogP contribution in [-0.2, 0) is 17.6 Å². The first kappa shape index (κ1) is 21.7. The molecule has 2 N–H and O–H groups in total. The number of hydrogen-bond acceptors (Lipinski definition) is 5. The molecule has 164 valence electrons. The fourth-order valence-electron chi connectivity index (χ4n) is 3.46. The lowest BCUT2D eigenvalue weighted by molar-refractivity contribution is -0.116. The van der Waals surface area contributed by atoms with Gasteiger partial charge in [-0.1, -0.05) is 49.7 Å². The highest BCUT2D eigenvalue weighted by Gasteiger charge is 2.16. The van der Waals surface area contributed by atoms with Gasteiger partial charge in [0.25, 0.3) is 5.56 Å². The number of rotatable bonds is 9. The third-order valence-electron chi connectivity index (χ3n) is 4.95. The first-order valence-corrected chi connectivity index (χ1v) is 11.6. The molecule has 0 unspecified atom stereocenters. The van der Waals surface area contributed by atoms with Gasteiger partial charge in [-0.15, -0.1) is 11.3 Å². The number of nitrogens with zero attached hydrogens (tertiary/aromatic N) is 3. The third kappa shape index (κ3) is 5.39. The smallest absolute Gasteiger partial charge is 0.252 e. The summed E-state index contributed by atoms with van der Waals surface area (Å²) in [5, 5.41) is 9.55. The second-order valence-electron chi connectivity index (χ2n) is 7.50. The summed E-state index contributed by atoms with van der Waals surface area (Å²) in [7, 11) is 0. The first-order valence-electron chi connectivity index (χ1n) is 10.7. The first-order chi connectivity index (χ1) is 15.6. The molecule has 0 fully saturated rings. The lowest BCUT2D eigenvalue weighted by Crippen LogP contribution is -2.19. The minimum absolute atomic E-state index is 0.105. The van der Waals surface area contributed by atoms with Gasteiger partial charge in [0.2, 0.25) is 11.9 Å². The van der Waals surface area contributed by atoms with Crippen LogP contribution in [0.25, 0.3) is 16.5 Å². The molecular formula is C24H25N5O2S. The Morgan fingerprint density at radius 2 is 1.97 bits per heavy atom. The van der Waals surface area contributed by atoms with Gasteiger partial charge in [0.1, 0.15) is 11.5 Å². The molecule has 0 aliphatic rings. The molecule has 0 spiro atoms. The van der Waals surface area contributed by atoms with Crippen LogP contribution in [0, 0.1) is 0 Å². The summed E-state index contributed by atoms with van der Waals surface area (Å²) in [5.74, 6) is 0.671. The van der Waals surface area contributed by atoms with Crippen LogP contribution < -0.4 is 10.9 Å². The Balaban J connectivity index is 1.57. The Morgan fingerprint density at radius 1 is 1.12 bits per heavy atom. The zero-order valence-electron chi connectivity index (χ0n) is 17.9. The molecule has 8 heteroatoms. The van der Waals surface area contributed by atoms with E-state index in [-0.39, 0.29) is 11.5 Å². The maximum atomic E-state index is 12.7. The average molecular weight is 448 g/mol. The molecule has 32 heavy (non-hydrogen) atoms. The van der Waals surface area contributed by atoms with Crippen LogP contribution in [0.4, 0.5) is 5.82 Å². The lowest BCUT2D eigenvalue weighted by atomic mass is 10.1. The lowest BCUT2D eigenvalue weighted by Gasteiger charge is -2.09. The van der Waals surface area contributed by atoms with Crippen LogP contribution >= 0.6 is 11.3 Å². The standard InChI is InChI=1S/C24H25N5O2S/c1-2-8-18-15-23(31)27-24(25-18)29-21(16-19(28-29)20-12-7-14-32-20)26-22(30)13-6-11-17-9-4-3-5-10-17/h3-5,7,9-10,12,14-16H,2,6,8,11,13H2,1H3,(H,26,30)(H,25,27,31). The molecule has 0 atom stereocenters. The molecule has 0 aliphatic carbocycles. The molecule has 0 aliphatic heterocycles. The fraction of sp³-hybridized carbons (Fsp3) is 0.250. The van der Waals surface area contributed by atoms with E-state index in [9.17, 15) is 9.59 Å². The van der Waals surface area contributed by atoms with Crippen LogP contribution in [0.2, 0.25) is 0 Å². The Labute approximate surface area is 190 Å². The van der Waals surface area contributed by atoms with E-state index in [0.717, 1.165) is 24.1 Å². The highest BCUT2D eigenvalue weighted by molar-refractivity contribution is 7.13. The monoisotopic (exact) mass is 447 g/mol. The van der Waals surface area contributed by atoms with Gasteiger partial charge in [0.05, 0.1) is 4.88 Å². The summed E-state index contributed by atoms with van der Waals surface area (Å²) in [5.41, 5.74) is 2.37. The van der Waals surface area contributed by atoms with Crippen LogP contribution in [0.3, 0.4) is 0 Å². The molecule has 1 aromatic carbocycles. The Morgan fingerprint density at radius 3 is 2.72 bits per heavy atom. The van der Waals surface area contributed by atoms with Gasteiger partial charge >= 0.3 is 0 Å². The Kier molecular flexibility index (Phi) is 6.91. The van der Waals surface area contributed by atoms with Crippen molar-refractivity contribution in [3.05, 3.63) is 81.6 Å². The number of aryl methyl sites for hydroxylation is 2. The van der Waals surface area contributed by atoms with Gasteiger partial charge in [0.15, 0.2) is 0 Å². The quantitative estimate of drug-likeness (QED) is 0.392. The van der Waals surface area contributed by atoms with Gasteiger partial charge < -0.3 is 5.32 Å². The van der Waals surface area contributed by atoms with Crippen molar-refractivity contribution in [2.45, 2.75) is 39.0 Å². The normalized spacial score (nSPS) is 10.9. The van der Waals surface area contributed by atoms with Crippen molar-refractivity contribution in [2.75, 3.05) is 5.32 Å². The van der Waals surface area contributed by atoms with Crippen molar-refractivity contribution < 1.29 is 4.79 Å². The van der Waals surface area contributed by atoms with E-state index in [1.165, 1.54) is 16.3 Å². The van der Waals surface area contributed by atoms with E-state index in [1.807, 2.05) is 48.7 Å². The molecule has 4 aromatic rings. The summed E-state index contributed by atoms with van der Waals surface area (Å²) in [6, 6.07) is 17.3. The van der Waals surface area contributed by atoms with Crippen LogP contribution in [-0.4, -0.2) is 25.7 Å². The summed E-state index contributed by atoms with van der Waals surface area (Å²) in [4.78, 5) is 33.1. The number of aromatic nitrogens is 4. The Hall–Kier alpha value is -3.52. The molecule has 4 rings (SSSR count). The van der Waals surface area contributed by atoms with E-state index in [0.29, 0.717) is 36.0 Å². The molecule has 0 saturated heterocycles. The van der Waals surface area contributed by atoms with Crippen molar-refractivity contribution in [2.24, 2.45) is 0 Å². The number of amides is 1. The highest BCUT2D eigenvalue weighted by Crippen LogP contribution is 2.27. The second kappa shape index (κ2) is 10.2. The number of aromatic amines is 1. The molecule has 0 saturated carbocycles. The number of hydrogen-bond donors (Lipinski definition) is 2. The summed E-state index contributed by atoms with van der Waals surface area (Å²) in [6.07, 6.45) is 3.52. The molecule has 3 heterocycles. The number of nitrogens with one attached hydrogen (secondary N) is 2. The maximum absolute atomic E-state index is 12.7. The van der Waals surface area contributed by atoms with Gasteiger partial charge in [-0.25, -0.2) is 4.98 Å². The van der Waals surface area contributed by atoms with E-state index in [2.05, 4.69) is 32.5 Å². The van der Waals surface area contributed by atoms with Crippen LogP contribution in [0.5, 0.6) is 0 Å². The maximum Gasteiger partial charge on any atom is 0.252 e.